The average Bonchev–Trinajstić information content (AvgIpc) is 2.32. The monoisotopic (exact) mass is 300 g/mol. The summed E-state index contributed by atoms with van der Waals surface area (Å²) in [5, 5.41) is 0. The first-order valence-electron chi connectivity index (χ1n) is 7.60. The lowest BCUT2D eigenvalue weighted by Gasteiger charge is -2.15. The summed E-state index contributed by atoms with van der Waals surface area (Å²) in [6, 6.07) is 1.18. The van der Waals surface area contributed by atoms with Crippen molar-refractivity contribution in [1.29, 1.82) is 0 Å². The van der Waals surface area contributed by atoms with E-state index >= 15 is 0 Å². The summed E-state index contributed by atoms with van der Waals surface area (Å²) in [6.07, 6.45) is 5.93. The molecule has 4 heteroatoms. The SMILES string of the molecule is C/C(=C\CC[C@@H](C)CC=O)COCOCC[Si](C)(C)C. The van der Waals surface area contributed by atoms with Gasteiger partial charge >= 0.3 is 0 Å². The first-order chi connectivity index (χ1) is 9.35. The molecule has 0 N–H and O–H groups in total. The van der Waals surface area contributed by atoms with Crippen LogP contribution in [0.25, 0.3) is 0 Å². The molecule has 0 aromatic rings. The van der Waals surface area contributed by atoms with Crippen LogP contribution >= 0.6 is 0 Å². The van der Waals surface area contributed by atoms with Crippen molar-refractivity contribution < 1.29 is 14.3 Å². The van der Waals surface area contributed by atoms with Crippen LogP contribution in [0.5, 0.6) is 0 Å². The number of hydrogen-bond donors (Lipinski definition) is 0. The topological polar surface area (TPSA) is 35.5 Å². The number of allylic oxidation sites excluding steroid dienone is 1. The fourth-order valence-electron chi connectivity index (χ4n) is 1.65. The van der Waals surface area contributed by atoms with E-state index in [-0.39, 0.29) is 0 Å². The molecule has 0 rings (SSSR count). The molecule has 0 bridgehead atoms. The van der Waals surface area contributed by atoms with Gasteiger partial charge in [-0.1, -0.05) is 38.2 Å². The van der Waals surface area contributed by atoms with E-state index in [4.69, 9.17) is 9.47 Å². The van der Waals surface area contributed by atoms with E-state index < -0.39 is 8.07 Å². The highest BCUT2D eigenvalue weighted by Crippen LogP contribution is 2.10. The quantitative estimate of drug-likeness (QED) is 0.177. The zero-order chi connectivity index (χ0) is 15.4. The van der Waals surface area contributed by atoms with Crippen LogP contribution in [0.3, 0.4) is 0 Å². The average molecular weight is 301 g/mol. The Bertz CT molecular complexity index is 282. The number of rotatable bonds is 12. The van der Waals surface area contributed by atoms with Crippen molar-refractivity contribution in [2.45, 2.75) is 58.8 Å². The first-order valence-corrected chi connectivity index (χ1v) is 11.3. The highest BCUT2D eigenvalue weighted by atomic mass is 28.3. The Morgan fingerprint density at radius 2 is 1.95 bits per heavy atom. The van der Waals surface area contributed by atoms with Gasteiger partial charge in [-0.05, 0) is 31.7 Å². The maximum absolute atomic E-state index is 10.4. The van der Waals surface area contributed by atoms with Gasteiger partial charge in [0.25, 0.3) is 0 Å². The van der Waals surface area contributed by atoms with Gasteiger partial charge < -0.3 is 14.3 Å². The van der Waals surface area contributed by atoms with Crippen molar-refractivity contribution in [3.05, 3.63) is 11.6 Å². The Morgan fingerprint density at radius 3 is 2.55 bits per heavy atom. The van der Waals surface area contributed by atoms with Gasteiger partial charge in [-0.25, -0.2) is 0 Å². The second kappa shape index (κ2) is 11.2. The van der Waals surface area contributed by atoms with Gasteiger partial charge in [0.15, 0.2) is 0 Å². The van der Waals surface area contributed by atoms with Crippen LogP contribution in [0.2, 0.25) is 25.7 Å². The minimum absolute atomic E-state index is 0.386. The number of aldehydes is 1. The Hall–Kier alpha value is -0.453. The zero-order valence-electron chi connectivity index (χ0n) is 13.9. The Balaban J connectivity index is 3.52. The van der Waals surface area contributed by atoms with Crippen molar-refractivity contribution in [3.63, 3.8) is 0 Å². The molecule has 1 atom stereocenters. The maximum atomic E-state index is 10.4. The molecule has 0 saturated heterocycles. The van der Waals surface area contributed by atoms with E-state index in [1.807, 2.05) is 0 Å². The van der Waals surface area contributed by atoms with E-state index in [2.05, 4.69) is 39.6 Å². The second-order valence-corrected chi connectivity index (χ2v) is 12.4. The number of carbonyl (C=O) groups is 1. The first kappa shape index (κ1) is 19.5. The Morgan fingerprint density at radius 1 is 1.25 bits per heavy atom. The number of hydrogen-bond acceptors (Lipinski definition) is 3. The van der Waals surface area contributed by atoms with Crippen LogP contribution in [-0.2, 0) is 14.3 Å². The molecule has 0 saturated carbocycles. The normalized spacial score (nSPS) is 14.3. The molecule has 0 spiro atoms. The third kappa shape index (κ3) is 14.0. The van der Waals surface area contributed by atoms with Gasteiger partial charge in [-0.15, -0.1) is 0 Å². The summed E-state index contributed by atoms with van der Waals surface area (Å²) in [4.78, 5) is 10.4. The summed E-state index contributed by atoms with van der Waals surface area (Å²) < 4.78 is 11.0. The van der Waals surface area contributed by atoms with Gasteiger partial charge in [0.05, 0.1) is 6.61 Å². The highest BCUT2D eigenvalue weighted by molar-refractivity contribution is 6.76. The van der Waals surface area contributed by atoms with Crippen molar-refractivity contribution in [2.24, 2.45) is 5.92 Å². The lowest BCUT2D eigenvalue weighted by molar-refractivity contribution is -0.108. The molecule has 0 aliphatic carbocycles. The highest BCUT2D eigenvalue weighted by Gasteiger charge is 2.11. The van der Waals surface area contributed by atoms with Gasteiger partial charge in [0.1, 0.15) is 13.1 Å². The van der Waals surface area contributed by atoms with Crippen LogP contribution < -0.4 is 0 Å². The van der Waals surface area contributed by atoms with E-state index in [1.165, 1.54) is 11.6 Å². The molecule has 118 valence electrons. The van der Waals surface area contributed by atoms with E-state index in [0.29, 0.717) is 25.7 Å². The third-order valence-corrected chi connectivity index (χ3v) is 4.85. The fraction of sp³-hybridized carbons (Fsp3) is 0.812. The molecule has 0 fully saturated rings. The van der Waals surface area contributed by atoms with Gasteiger partial charge in [0.2, 0.25) is 0 Å². The molecule has 0 unspecified atom stereocenters. The molecule has 0 amide bonds. The lowest BCUT2D eigenvalue weighted by atomic mass is 10.0. The number of ether oxygens (including phenoxy) is 2. The summed E-state index contributed by atoms with van der Waals surface area (Å²) >= 11 is 0. The van der Waals surface area contributed by atoms with Crippen LogP contribution in [0.1, 0.15) is 33.1 Å². The van der Waals surface area contributed by atoms with Crippen molar-refractivity contribution >= 4 is 14.4 Å². The largest absolute Gasteiger partial charge is 0.356 e. The van der Waals surface area contributed by atoms with E-state index in [9.17, 15) is 4.79 Å². The summed E-state index contributed by atoms with van der Waals surface area (Å²) in [7, 11) is -0.991. The minimum atomic E-state index is -0.991. The van der Waals surface area contributed by atoms with Gasteiger partial charge in [0, 0.05) is 21.1 Å². The van der Waals surface area contributed by atoms with Crippen molar-refractivity contribution in [1.82, 2.24) is 0 Å². The molecule has 20 heavy (non-hydrogen) atoms. The predicted molar refractivity (Wildman–Crippen MR) is 87.8 cm³/mol. The van der Waals surface area contributed by atoms with Crippen LogP contribution in [0.4, 0.5) is 0 Å². The second-order valence-electron chi connectivity index (χ2n) is 6.82. The summed E-state index contributed by atoms with van der Waals surface area (Å²) in [6.45, 7) is 13.0. The van der Waals surface area contributed by atoms with Crippen molar-refractivity contribution in [2.75, 3.05) is 20.0 Å². The lowest BCUT2D eigenvalue weighted by Crippen LogP contribution is -2.22. The van der Waals surface area contributed by atoms with Crippen LogP contribution in [-0.4, -0.2) is 34.4 Å². The van der Waals surface area contributed by atoms with E-state index in [0.717, 1.165) is 25.7 Å². The molecule has 0 aromatic heterocycles. The molecule has 0 heterocycles. The smallest absolute Gasteiger partial charge is 0.147 e. The van der Waals surface area contributed by atoms with Gasteiger partial charge in [-0.3, -0.25) is 0 Å². The van der Waals surface area contributed by atoms with Crippen molar-refractivity contribution in [3.8, 4) is 0 Å². The zero-order valence-corrected chi connectivity index (χ0v) is 14.9. The molecule has 0 aromatic carbocycles. The maximum Gasteiger partial charge on any atom is 0.147 e. The molecule has 3 nitrogen and oxygen atoms in total. The number of carbonyl (C=O) groups excluding carboxylic acids is 1. The summed E-state index contributed by atoms with van der Waals surface area (Å²) in [5.74, 6) is 0.474. The van der Waals surface area contributed by atoms with Gasteiger partial charge in [-0.2, -0.15) is 0 Å². The fourth-order valence-corrected chi connectivity index (χ4v) is 2.41. The molecule has 0 aliphatic heterocycles. The summed E-state index contributed by atoms with van der Waals surface area (Å²) in [5.41, 5.74) is 1.23. The Labute approximate surface area is 125 Å². The standard InChI is InChI=1S/C16H32O3Si/c1-15(9-10-17)7-6-8-16(2)13-19-14-18-11-12-20(3,4)5/h8,10,15H,6-7,9,11-14H2,1-5H3/b16-8+/t15-/m1/s1. The Kier molecular flexibility index (Phi) is 11.0. The van der Waals surface area contributed by atoms with Crippen LogP contribution in [0, 0.1) is 5.92 Å². The minimum Gasteiger partial charge on any atom is -0.356 e. The van der Waals surface area contributed by atoms with E-state index in [1.54, 1.807) is 0 Å². The predicted octanol–water partition coefficient (Wildman–Crippen LogP) is 4.27. The molecular weight excluding hydrogens is 268 g/mol. The molecular formula is C16H32O3Si. The molecule has 0 aliphatic rings. The molecule has 0 radical (unpaired) electrons. The van der Waals surface area contributed by atoms with Crippen LogP contribution in [0.15, 0.2) is 11.6 Å². The third-order valence-electron chi connectivity index (χ3n) is 3.14.